The molecular formula is C22H24O8. The van der Waals surface area contributed by atoms with Crippen LogP contribution in [0.1, 0.15) is 18.4 Å². The molecule has 8 nitrogen and oxygen atoms in total. The van der Waals surface area contributed by atoms with Crippen molar-refractivity contribution in [3.05, 3.63) is 48.0 Å². The summed E-state index contributed by atoms with van der Waals surface area (Å²) >= 11 is 0. The van der Waals surface area contributed by atoms with E-state index in [1.807, 2.05) is 6.07 Å². The third-order valence-electron chi connectivity index (χ3n) is 5.11. The number of ether oxygens (including phenoxy) is 5. The lowest BCUT2D eigenvalue weighted by molar-refractivity contribution is -0.159. The minimum atomic E-state index is -1.17. The van der Waals surface area contributed by atoms with Gasteiger partial charge >= 0.3 is 5.97 Å². The van der Waals surface area contributed by atoms with Gasteiger partial charge in [-0.15, -0.1) is 0 Å². The summed E-state index contributed by atoms with van der Waals surface area (Å²) in [6.07, 6.45) is 0.652. The molecule has 2 aromatic rings. The fourth-order valence-corrected chi connectivity index (χ4v) is 3.56. The highest BCUT2D eigenvalue weighted by atomic mass is 16.7. The van der Waals surface area contributed by atoms with Crippen molar-refractivity contribution < 1.29 is 38.7 Å². The Hall–Kier alpha value is -2.97. The Labute approximate surface area is 173 Å². The van der Waals surface area contributed by atoms with Gasteiger partial charge in [-0.05, 0) is 42.7 Å². The van der Waals surface area contributed by atoms with Gasteiger partial charge in [-0.3, -0.25) is 0 Å². The van der Waals surface area contributed by atoms with Crippen LogP contribution in [-0.2, 0) is 16.0 Å². The Bertz CT molecular complexity index is 890. The molecule has 2 heterocycles. The Morgan fingerprint density at radius 3 is 2.57 bits per heavy atom. The zero-order chi connectivity index (χ0) is 21.0. The third kappa shape index (κ3) is 4.60. The van der Waals surface area contributed by atoms with Crippen LogP contribution in [0.5, 0.6) is 23.0 Å². The largest absolute Gasteiger partial charge is 0.491 e. The van der Waals surface area contributed by atoms with Crippen LogP contribution < -0.4 is 18.9 Å². The van der Waals surface area contributed by atoms with E-state index in [9.17, 15) is 15.0 Å². The molecular weight excluding hydrogens is 392 g/mol. The molecule has 2 unspecified atom stereocenters. The van der Waals surface area contributed by atoms with Crippen LogP contribution in [0, 0.1) is 0 Å². The molecule has 160 valence electrons. The Morgan fingerprint density at radius 2 is 1.83 bits per heavy atom. The molecule has 0 spiro atoms. The average Bonchev–Trinajstić information content (AvgIpc) is 3.41. The van der Waals surface area contributed by atoms with Crippen LogP contribution in [-0.4, -0.2) is 54.5 Å². The molecule has 0 aliphatic carbocycles. The summed E-state index contributed by atoms with van der Waals surface area (Å²) in [5.74, 6) is 1.45. The Balaban J connectivity index is 1.28. The fraction of sp³-hybridized carbons (Fsp3) is 0.409. The summed E-state index contributed by atoms with van der Waals surface area (Å²) in [6, 6.07) is 12.4. The first kappa shape index (κ1) is 20.3. The van der Waals surface area contributed by atoms with E-state index in [0.717, 1.165) is 12.0 Å². The topological polar surface area (TPSA) is 104 Å². The maximum atomic E-state index is 11.7. The first-order chi connectivity index (χ1) is 14.5. The number of carboxylic acid groups (broad SMARTS) is 1. The lowest BCUT2D eigenvalue weighted by Crippen LogP contribution is -2.40. The van der Waals surface area contributed by atoms with Gasteiger partial charge in [0.05, 0.1) is 0 Å². The van der Waals surface area contributed by atoms with Crippen LogP contribution in [0.15, 0.2) is 42.5 Å². The lowest BCUT2D eigenvalue weighted by atomic mass is 9.91. The maximum absolute atomic E-state index is 11.7. The van der Waals surface area contributed by atoms with E-state index in [0.29, 0.717) is 36.0 Å². The first-order valence-electron chi connectivity index (χ1n) is 9.84. The molecule has 30 heavy (non-hydrogen) atoms. The molecule has 0 saturated carbocycles. The number of aliphatic hydroxyl groups excluding tert-OH is 1. The summed E-state index contributed by atoms with van der Waals surface area (Å²) in [5.41, 5.74) is -0.362. The van der Waals surface area contributed by atoms with E-state index in [1.54, 1.807) is 36.4 Å². The van der Waals surface area contributed by atoms with Crippen LogP contribution in [0.4, 0.5) is 0 Å². The van der Waals surface area contributed by atoms with Gasteiger partial charge in [0.1, 0.15) is 30.8 Å². The standard InChI is InChI=1S/C22H24O8/c23-16(13-27-18-5-6-19-20(10-18)29-14-28-19)12-26-17-4-1-3-15(9-17)11-22(21(24)25)7-2-8-30-22/h1,3-6,9-10,16,23H,2,7-8,11-14H2,(H,24,25). The summed E-state index contributed by atoms with van der Waals surface area (Å²) < 4.78 is 27.3. The van der Waals surface area contributed by atoms with Crippen molar-refractivity contribution >= 4 is 5.97 Å². The molecule has 2 aliphatic rings. The van der Waals surface area contributed by atoms with E-state index in [4.69, 9.17) is 23.7 Å². The van der Waals surface area contributed by atoms with Gasteiger partial charge in [0.25, 0.3) is 0 Å². The predicted molar refractivity (Wildman–Crippen MR) is 105 cm³/mol. The van der Waals surface area contributed by atoms with Gasteiger partial charge in [0.15, 0.2) is 17.1 Å². The van der Waals surface area contributed by atoms with E-state index in [2.05, 4.69) is 0 Å². The van der Waals surface area contributed by atoms with Crippen LogP contribution in [0.25, 0.3) is 0 Å². The monoisotopic (exact) mass is 416 g/mol. The minimum absolute atomic E-state index is 0.0363. The van der Waals surface area contributed by atoms with Crippen molar-refractivity contribution in [2.24, 2.45) is 0 Å². The summed E-state index contributed by atoms with van der Waals surface area (Å²) in [5, 5.41) is 19.7. The molecule has 2 atom stereocenters. The predicted octanol–water partition coefficient (Wildman–Crippen LogP) is 2.41. The highest BCUT2D eigenvalue weighted by Gasteiger charge is 2.42. The van der Waals surface area contributed by atoms with Crippen molar-refractivity contribution in [2.75, 3.05) is 26.6 Å². The second kappa shape index (κ2) is 8.81. The van der Waals surface area contributed by atoms with Crippen molar-refractivity contribution in [1.82, 2.24) is 0 Å². The molecule has 8 heteroatoms. The van der Waals surface area contributed by atoms with Gasteiger partial charge in [-0.2, -0.15) is 0 Å². The van der Waals surface area contributed by atoms with E-state index >= 15 is 0 Å². The zero-order valence-corrected chi connectivity index (χ0v) is 16.4. The molecule has 2 aromatic carbocycles. The minimum Gasteiger partial charge on any atom is -0.491 e. The number of benzene rings is 2. The van der Waals surface area contributed by atoms with E-state index in [1.165, 1.54) is 0 Å². The number of aliphatic carboxylic acids is 1. The van der Waals surface area contributed by atoms with E-state index in [-0.39, 0.29) is 26.4 Å². The molecule has 1 saturated heterocycles. The second-order valence-electron chi connectivity index (χ2n) is 7.37. The van der Waals surface area contributed by atoms with Gasteiger partial charge in [0, 0.05) is 19.1 Å². The number of rotatable bonds is 9. The smallest absolute Gasteiger partial charge is 0.336 e. The number of fused-ring (bicyclic) bond motifs is 1. The normalized spacial score (nSPS) is 20.7. The SMILES string of the molecule is O=C(O)C1(Cc2cccc(OCC(O)COc3ccc4c(c3)OCO4)c2)CCCO1. The zero-order valence-electron chi connectivity index (χ0n) is 16.4. The highest BCUT2D eigenvalue weighted by molar-refractivity contribution is 5.78. The summed E-state index contributed by atoms with van der Waals surface area (Å²) in [4.78, 5) is 11.7. The average molecular weight is 416 g/mol. The van der Waals surface area contributed by atoms with Crippen LogP contribution in [0.3, 0.4) is 0 Å². The Kier molecular flexibility index (Phi) is 5.96. The van der Waals surface area contributed by atoms with Gasteiger partial charge < -0.3 is 33.9 Å². The molecule has 1 fully saturated rings. The first-order valence-corrected chi connectivity index (χ1v) is 9.84. The fourth-order valence-electron chi connectivity index (χ4n) is 3.56. The molecule has 4 rings (SSSR count). The molecule has 2 N–H and O–H groups in total. The summed E-state index contributed by atoms with van der Waals surface area (Å²) in [7, 11) is 0. The summed E-state index contributed by atoms with van der Waals surface area (Å²) in [6.45, 7) is 0.732. The van der Waals surface area contributed by atoms with Crippen molar-refractivity contribution in [3.63, 3.8) is 0 Å². The highest BCUT2D eigenvalue weighted by Crippen LogP contribution is 2.35. The molecule has 2 aliphatic heterocycles. The molecule has 0 radical (unpaired) electrons. The van der Waals surface area contributed by atoms with Crippen LogP contribution >= 0.6 is 0 Å². The molecule has 0 aromatic heterocycles. The van der Waals surface area contributed by atoms with Crippen molar-refractivity contribution in [2.45, 2.75) is 31.0 Å². The number of aliphatic hydroxyl groups is 1. The third-order valence-corrected chi connectivity index (χ3v) is 5.11. The van der Waals surface area contributed by atoms with Gasteiger partial charge in [-0.25, -0.2) is 4.79 Å². The number of hydrogen-bond donors (Lipinski definition) is 2. The van der Waals surface area contributed by atoms with Crippen molar-refractivity contribution in [1.29, 1.82) is 0 Å². The molecule has 0 bridgehead atoms. The Morgan fingerprint density at radius 1 is 1.07 bits per heavy atom. The van der Waals surface area contributed by atoms with Gasteiger partial charge in [0.2, 0.25) is 6.79 Å². The number of carbonyl (C=O) groups is 1. The van der Waals surface area contributed by atoms with Crippen LogP contribution in [0.2, 0.25) is 0 Å². The van der Waals surface area contributed by atoms with Gasteiger partial charge in [-0.1, -0.05) is 12.1 Å². The van der Waals surface area contributed by atoms with Crippen molar-refractivity contribution in [3.8, 4) is 23.0 Å². The number of hydrogen-bond acceptors (Lipinski definition) is 7. The maximum Gasteiger partial charge on any atom is 0.336 e. The number of carboxylic acids is 1. The quantitative estimate of drug-likeness (QED) is 0.642. The second-order valence-corrected chi connectivity index (χ2v) is 7.37. The molecule has 0 amide bonds. The van der Waals surface area contributed by atoms with E-state index < -0.39 is 17.7 Å². The lowest BCUT2D eigenvalue weighted by Gasteiger charge is -2.23.